The molecule has 42 heavy (non-hydrogen) atoms. The van der Waals surface area contributed by atoms with E-state index in [1.165, 1.54) is 6.33 Å². The van der Waals surface area contributed by atoms with Gasteiger partial charge in [0, 0.05) is 47.9 Å². The van der Waals surface area contributed by atoms with E-state index in [9.17, 15) is 14.4 Å². The van der Waals surface area contributed by atoms with E-state index in [4.69, 9.17) is 11.5 Å². The third kappa shape index (κ3) is 4.69. The van der Waals surface area contributed by atoms with Crippen molar-refractivity contribution < 1.29 is 9.59 Å². The summed E-state index contributed by atoms with van der Waals surface area (Å²) in [6.45, 7) is 7.16. The van der Waals surface area contributed by atoms with Gasteiger partial charge in [-0.05, 0) is 65.7 Å². The van der Waals surface area contributed by atoms with Crippen molar-refractivity contribution in [2.75, 3.05) is 18.8 Å². The third-order valence-corrected chi connectivity index (χ3v) is 9.47. The Balaban J connectivity index is 1.41. The number of pyridine rings is 1. The molecule has 4 heterocycles. The van der Waals surface area contributed by atoms with Crippen LogP contribution >= 0.6 is 15.9 Å². The molecule has 0 atom stereocenters. The summed E-state index contributed by atoms with van der Waals surface area (Å²) >= 11 is 3.39. The first-order valence-electron chi connectivity index (χ1n) is 14.3. The lowest BCUT2D eigenvalue weighted by atomic mass is 9.92. The minimum atomic E-state index is -0.747. The summed E-state index contributed by atoms with van der Waals surface area (Å²) in [4.78, 5) is 44.4. The van der Waals surface area contributed by atoms with Crippen LogP contribution < -0.4 is 16.9 Å². The molecule has 2 aliphatic rings. The van der Waals surface area contributed by atoms with Crippen molar-refractivity contribution in [2.45, 2.75) is 58.4 Å². The second kappa shape index (κ2) is 10.7. The number of benzene rings is 1. The van der Waals surface area contributed by atoms with Gasteiger partial charge in [-0.15, -0.1) is 0 Å². The number of piperidine rings is 1. The van der Waals surface area contributed by atoms with Crippen molar-refractivity contribution in [3.05, 3.63) is 68.3 Å². The number of aromatic nitrogens is 4. The van der Waals surface area contributed by atoms with Crippen LogP contribution in [-0.2, 0) is 4.79 Å². The lowest BCUT2D eigenvalue weighted by molar-refractivity contribution is -0.135. The highest BCUT2D eigenvalue weighted by atomic mass is 79.9. The number of primary amides is 1. The smallest absolute Gasteiger partial charge is 0.254 e. The number of carbonyl (C=O) groups excluding carboxylic acids is 2. The Kier molecular flexibility index (Phi) is 7.16. The molecule has 3 aromatic heterocycles. The van der Waals surface area contributed by atoms with Crippen LogP contribution in [-0.4, -0.2) is 49.0 Å². The van der Waals surface area contributed by atoms with Gasteiger partial charge in [-0.2, -0.15) is 5.10 Å². The van der Waals surface area contributed by atoms with Crippen LogP contribution in [0.4, 0.5) is 5.82 Å². The Hall–Kier alpha value is -3.99. The number of hydrogen-bond donors (Lipinski definition) is 2. The molecule has 1 saturated heterocycles. The Bertz CT molecular complexity index is 1780. The predicted molar refractivity (Wildman–Crippen MR) is 165 cm³/mol. The SMILES string of the molecule is Cc1c(Br)c(=O)c(C(N)=O)c(-c2ccc(-c3cc(C4CCN(C(=O)C(C)C)CC4)n4ncnc(N)c34)cc2)n1C1CC1. The molecular weight excluding hydrogens is 598 g/mol. The molecule has 1 saturated carbocycles. The van der Waals surface area contributed by atoms with E-state index < -0.39 is 11.3 Å². The van der Waals surface area contributed by atoms with E-state index in [2.05, 4.69) is 36.6 Å². The maximum Gasteiger partial charge on any atom is 0.254 e. The van der Waals surface area contributed by atoms with E-state index in [1.807, 2.05) is 54.5 Å². The fraction of sp³-hybridized carbons (Fsp3) is 0.387. The maximum atomic E-state index is 13.1. The van der Waals surface area contributed by atoms with Gasteiger partial charge in [-0.3, -0.25) is 14.4 Å². The van der Waals surface area contributed by atoms with Crippen molar-refractivity contribution in [3.63, 3.8) is 0 Å². The van der Waals surface area contributed by atoms with Crippen LogP contribution in [0.5, 0.6) is 0 Å². The molecule has 2 fully saturated rings. The highest BCUT2D eigenvalue weighted by Gasteiger charge is 2.32. The zero-order valence-corrected chi connectivity index (χ0v) is 25.5. The number of likely N-dealkylation sites (tertiary alicyclic amines) is 1. The topological polar surface area (TPSA) is 142 Å². The zero-order chi connectivity index (χ0) is 29.9. The first-order chi connectivity index (χ1) is 20.1. The van der Waals surface area contributed by atoms with Crippen molar-refractivity contribution in [2.24, 2.45) is 11.7 Å². The van der Waals surface area contributed by atoms with Crippen molar-refractivity contribution in [3.8, 4) is 22.4 Å². The van der Waals surface area contributed by atoms with Crippen molar-refractivity contribution >= 4 is 39.1 Å². The molecule has 218 valence electrons. The number of hydrogen-bond acceptors (Lipinski definition) is 6. The van der Waals surface area contributed by atoms with Gasteiger partial charge in [0.25, 0.3) is 5.91 Å². The average Bonchev–Trinajstić information content (AvgIpc) is 3.74. The average molecular weight is 633 g/mol. The van der Waals surface area contributed by atoms with Gasteiger partial charge in [-0.25, -0.2) is 9.50 Å². The maximum absolute atomic E-state index is 13.1. The number of rotatable bonds is 6. The summed E-state index contributed by atoms with van der Waals surface area (Å²) in [5, 5.41) is 4.56. The normalized spacial score (nSPS) is 16.0. The minimum absolute atomic E-state index is 0.0105. The molecule has 6 rings (SSSR count). The van der Waals surface area contributed by atoms with Crippen molar-refractivity contribution in [1.82, 2.24) is 24.1 Å². The van der Waals surface area contributed by atoms with Crippen LogP contribution in [0.15, 0.2) is 45.9 Å². The van der Waals surface area contributed by atoms with Gasteiger partial charge in [0.05, 0.1) is 10.2 Å². The summed E-state index contributed by atoms with van der Waals surface area (Å²) in [6.07, 6.45) is 5.09. The summed E-state index contributed by atoms with van der Waals surface area (Å²) in [6, 6.07) is 10.1. The summed E-state index contributed by atoms with van der Waals surface area (Å²) in [5.74, 6) is 0.0200. The van der Waals surface area contributed by atoms with Crippen molar-refractivity contribution in [1.29, 1.82) is 0 Å². The largest absolute Gasteiger partial charge is 0.382 e. The molecule has 11 heteroatoms. The van der Waals surface area contributed by atoms with Crippen LogP contribution in [0, 0.1) is 12.8 Å². The molecule has 0 bridgehead atoms. The number of anilines is 1. The highest BCUT2D eigenvalue weighted by molar-refractivity contribution is 9.10. The number of amides is 2. The number of halogens is 1. The van der Waals surface area contributed by atoms with Crippen LogP contribution in [0.1, 0.15) is 73.2 Å². The highest BCUT2D eigenvalue weighted by Crippen LogP contribution is 2.42. The van der Waals surface area contributed by atoms with Gasteiger partial charge >= 0.3 is 0 Å². The van der Waals surface area contributed by atoms with Gasteiger partial charge in [0.15, 0.2) is 5.82 Å². The number of nitrogens with zero attached hydrogens (tertiary/aromatic N) is 5. The Morgan fingerprint density at radius 2 is 1.69 bits per heavy atom. The first kappa shape index (κ1) is 28.1. The third-order valence-electron chi connectivity index (χ3n) is 8.54. The fourth-order valence-electron chi connectivity index (χ4n) is 6.25. The molecule has 10 nitrogen and oxygen atoms in total. The standard InChI is InChI=1S/C31H34BrN7O3/c1-16(2)31(42)37-12-10-19(11-13-37)23-14-22(27-29(33)35-15-36-39(23)27)18-4-6-20(7-5-18)26-24(30(34)41)28(40)25(32)17(3)38(26)21-8-9-21/h4-7,14-16,19,21H,8-13H2,1-3H3,(H2,34,41)(H2,33,35,36). The van der Waals surface area contributed by atoms with Gasteiger partial charge in [-0.1, -0.05) is 38.1 Å². The lowest BCUT2D eigenvalue weighted by Crippen LogP contribution is -2.40. The number of fused-ring (bicyclic) bond motifs is 1. The Morgan fingerprint density at radius 1 is 1.05 bits per heavy atom. The molecule has 1 aliphatic carbocycles. The zero-order valence-electron chi connectivity index (χ0n) is 23.9. The molecule has 0 radical (unpaired) electrons. The monoisotopic (exact) mass is 631 g/mol. The quantitative estimate of drug-likeness (QED) is 0.317. The van der Waals surface area contributed by atoms with E-state index in [0.29, 0.717) is 29.1 Å². The molecule has 2 amide bonds. The molecule has 4 aromatic rings. The summed E-state index contributed by atoms with van der Waals surface area (Å²) in [5.41, 5.74) is 17.4. The van der Waals surface area contributed by atoms with E-state index in [0.717, 1.165) is 59.3 Å². The summed E-state index contributed by atoms with van der Waals surface area (Å²) < 4.78 is 4.31. The fourth-order valence-corrected chi connectivity index (χ4v) is 6.64. The number of nitrogens with two attached hydrogens (primary N) is 2. The molecule has 0 unspecified atom stereocenters. The van der Waals surface area contributed by atoms with Gasteiger partial charge in [0.1, 0.15) is 17.4 Å². The minimum Gasteiger partial charge on any atom is -0.382 e. The van der Waals surface area contributed by atoms with Gasteiger partial charge < -0.3 is 20.9 Å². The molecule has 4 N–H and O–H groups in total. The summed E-state index contributed by atoms with van der Waals surface area (Å²) in [7, 11) is 0. The molecule has 1 aliphatic heterocycles. The second-order valence-electron chi connectivity index (χ2n) is 11.6. The molecule has 0 spiro atoms. The lowest BCUT2D eigenvalue weighted by Gasteiger charge is -2.33. The van der Waals surface area contributed by atoms with Gasteiger partial charge in [0.2, 0.25) is 11.3 Å². The Morgan fingerprint density at radius 3 is 2.29 bits per heavy atom. The molecule has 1 aromatic carbocycles. The van der Waals surface area contributed by atoms with Crippen LogP contribution in [0.2, 0.25) is 0 Å². The number of carbonyl (C=O) groups is 2. The Labute approximate surface area is 251 Å². The second-order valence-corrected chi connectivity index (χ2v) is 12.4. The van der Waals surface area contributed by atoms with E-state index in [1.54, 1.807) is 0 Å². The first-order valence-corrected chi connectivity index (χ1v) is 15.1. The van der Waals surface area contributed by atoms with Crippen LogP contribution in [0.3, 0.4) is 0 Å². The van der Waals surface area contributed by atoms with E-state index >= 15 is 0 Å². The van der Waals surface area contributed by atoms with Crippen LogP contribution in [0.25, 0.3) is 27.9 Å². The van der Waals surface area contributed by atoms with E-state index in [-0.39, 0.29) is 29.3 Å². The number of nitrogen functional groups attached to an aromatic ring is 1. The predicted octanol–water partition coefficient (Wildman–Crippen LogP) is 4.67. The molecular formula is C31H34BrN7O3.